The first-order valence-electron chi connectivity index (χ1n) is 7.20. The van der Waals surface area contributed by atoms with Crippen molar-refractivity contribution >= 4 is 5.97 Å². The molecule has 0 saturated heterocycles. The van der Waals surface area contributed by atoms with Crippen molar-refractivity contribution in [1.29, 1.82) is 0 Å². The molecular formula is C16H20O4. The summed E-state index contributed by atoms with van der Waals surface area (Å²) in [6.07, 6.45) is 3.27. The molecular weight excluding hydrogens is 256 g/mol. The minimum absolute atomic E-state index is 0.484. The first-order valence-corrected chi connectivity index (χ1v) is 7.20. The van der Waals surface area contributed by atoms with E-state index in [1.165, 1.54) is 0 Å². The number of carboxylic acid groups (broad SMARTS) is 1. The van der Waals surface area contributed by atoms with E-state index in [0.29, 0.717) is 31.8 Å². The van der Waals surface area contributed by atoms with Crippen LogP contribution in [0.5, 0.6) is 11.5 Å². The van der Waals surface area contributed by atoms with Crippen LogP contribution in [0.25, 0.3) is 0 Å². The number of hydrogen-bond donors (Lipinski definition) is 1. The van der Waals surface area contributed by atoms with Crippen LogP contribution in [0, 0.1) is 13.8 Å². The molecule has 0 aromatic heterocycles. The molecule has 0 amide bonds. The van der Waals surface area contributed by atoms with E-state index in [4.69, 9.17) is 9.47 Å². The molecule has 20 heavy (non-hydrogen) atoms. The standard InChI is InChI=1S/C16H20O4/c1-10-9-12(16(15(17)18)5-3-4-6-16)14-13(11(10)2)19-7-8-20-14/h9H,3-8H2,1-2H3,(H,17,18). The molecule has 1 aromatic carbocycles. The molecule has 4 heteroatoms. The van der Waals surface area contributed by atoms with E-state index in [9.17, 15) is 9.90 Å². The molecule has 1 aliphatic heterocycles. The van der Waals surface area contributed by atoms with Crippen molar-refractivity contribution in [2.45, 2.75) is 44.9 Å². The molecule has 1 heterocycles. The van der Waals surface area contributed by atoms with Crippen molar-refractivity contribution in [3.8, 4) is 11.5 Å². The maximum Gasteiger partial charge on any atom is 0.314 e. The fourth-order valence-corrected chi connectivity index (χ4v) is 3.40. The smallest absolute Gasteiger partial charge is 0.314 e. The second kappa shape index (κ2) is 4.69. The van der Waals surface area contributed by atoms with Crippen LogP contribution in [0.4, 0.5) is 0 Å². The molecule has 3 rings (SSSR count). The Hall–Kier alpha value is -1.71. The van der Waals surface area contributed by atoms with E-state index >= 15 is 0 Å². The van der Waals surface area contributed by atoms with Gasteiger partial charge in [0.15, 0.2) is 11.5 Å². The highest BCUT2D eigenvalue weighted by Crippen LogP contribution is 2.50. The quantitative estimate of drug-likeness (QED) is 0.902. The number of rotatable bonds is 2. The summed E-state index contributed by atoms with van der Waals surface area (Å²) in [5, 5.41) is 9.78. The van der Waals surface area contributed by atoms with Gasteiger partial charge in [-0.05, 0) is 37.8 Å². The predicted octanol–water partition coefficient (Wildman–Crippen LogP) is 2.97. The largest absolute Gasteiger partial charge is 0.486 e. The molecule has 0 bridgehead atoms. The van der Waals surface area contributed by atoms with E-state index in [-0.39, 0.29) is 0 Å². The second-order valence-electron chi connectivity index (χ2n) is 5.82. The first kappa shape index (κ1) is 13.3. The third-order valence-corrected chi connectivity index (χ3v) is 4.70. The molecule has 1 N–H and O–H groups in total. The van der Waals surface area contributed by atoms with E-state index < -0.39 is 11.4 Å². The van der Waals surface area contributed by atoms with Crippen LogP contribution < -0.4 is 9.47 Å². The summed E-state index contributed by atoms with van der Waals surface area (Å²) >= 11 is 0. The summed E-state index contributed by atoms with van der Waals surface area (Å²) in [4.78, 5) is 11.9. The molecule has 0 unspecified atom stereocenters. The lowest BCUT2D eigenvalue weighted by Crippen LogP contribution is -2.34. The van der Waals surface area contributed by atoms with Crippen molar-refractivity contribution in [3.05, 3.63) is 22.8 Å². The fourth-order valence-electron chi connectivity index (χ4n) is 3.40. The van der Waals surface area contributed by atoms with Crippen LogP contribution >= 0.6 is 0 Å². The first-order chi connectivity index (χ1) is 9.56. The van der Waals surface area contributed by atoms with Crippen LogP contribution in [0.15, 0.2) is 6.07 Å². The van der Waals surface area contributed by atoms with Crippen LogP contribution in [0.1, 0.15) is 42.4 Å². The molecule has 1 saturated carbocycles. The molecule has 1 fully saturated rings. The summed E-state index contributed by atoms with van der Waals surface area (Å²) in [6, 6.07) is 1.99. The Morgan fingerprint density at radius 1 is 1.15 bits per heavy atom. The highest BCUT2D eigenvalue weighted by Gasteiger charge is 2.46. The molecule has 108 valence electrons. The Balaban J connectivity index is 2.23. The van der Waals surface area contributed by atoms with Crippen molar-refractivity contribution in [2.75, 3.05) is 13.2 Å². The molecule has 4 nitrogen and oxygen atoms in total. The van der Waals surface area contributed by atoms with Crippen molar-refractivity contribution in [1.82, 2.24) is 0 Å². The van der Waals surface area contributed by atoms with Gasteiger partial charge in [-0.15, -0.1) is 0 Å². The second-order valence-corrected chi connectivity index (χ2v) is 5.82. The lowest BCUT2D eigenvalue weighted by atomic mass is 9.77. The lowest BCUT2D eigenvalue weighted by Gasteiger charge is -2.31. The number of carboxylic acids is 1. The van der Waals surface area contributed by atoms with Gasteiger partial charge in [0, 0.05) is 5.56 Å². The lowest BCUT2D eigenvalue weighted by molar-refractivity contribution is -0.143. The number of benzene rings is 1. The molecule has 1 aromatic rings. The van der Waals surface area contributed by atoms with Gasteiger partial charge in [0.1, 0.15) is 13.2 Å². The summed E-state index contributed by atoms with van der Waals surface area (Å²) < 4.78 is 11.5. The van der Waals surface area contributed by atoms with Gasteiger partial charge in [0.2, 0.25) is 0 Å². The summed E-state index contributed by atoms with van der Waals surface area (Å²) in [7, 11) is 0. The number of fused-ring (bicyclic) bond motifs is 1. The van der Waals surface area contributed by atoms with E-state index in [1.807, 2.05) is 19.9 Å². The van der Waals surface area contributed by atoms with Gasteiger partial charge in [-0.2, -0.15) is 0 Å². The predicted molar refractivity (Wildman–Crippen MR) is 74.7 cm³/mol. The van der Waals surface area contributed by atoms with Gasteiger partial charge in [-0.3, -0.25) is 4.79 Å². The Morgan fingerprint density at radius 3 is 2.35 bits per heavy atom. The zero-order valence-corrected chi connectivity index (χ0v) is 12.0. The molecule has 0 atom stereocenters. The van der Waals surface area contributed by atoms with Crippen molar-refractivity contribution in [2.24, 2.45) is 0 Å². The van der Waals surface area contributed by atoms with Gasteiger partial charge >= 0.3 is 5.97 Å². The molecule has 1 aliphatic carbocycles. The molecule has 0 radical (unpaired) electrons. The third kappa shape index (κ3) is 1.78. The van der Waals surface area contributed by atoms with E-state index in [1.54, 1.807) is 0 Å². The third-order valence-electron chi connectivity index (χ3n) is 4.70. The number of carbonyl (C=O) groups is 1. The highest BCUT2D eigenvalue weighted by molar-refractivity contribution is 5.84. The van der Waals surface area contributed by atoms with Gasteiger partial charge in [-0.1, -0.05) is 18.9 Å². The SMILES string of the molecule is Cc1cc(C2(C(=O)O)CCCC2)c2c(c1C)OCCO2. The van der Waals surface area contributed by atoms with Crippen molar-refractivity contribution < 1.29 is 19.4 Å². The van der Waals surface area contributed by atoms with Gasteiger partial charge in [0.05, 0.1) is 5.41 Å². The van der Waals surface area contributed by atoms with Crippen LogP contribution in [0.2, 0.25) is 0 Å². The minimum Gasteiger partial charge on any atom is -0.486 e. The molecule has 2 aliphatic rings. The Morgan fingerprint density at radius 2 is 1.75 bits per heavy atom. The van der Waals surface area contributed by atoms with Crippen molar-refractivity contribution in [3.63, 3.8) is 0 Å². The zero-order valence-electron chi connectivity index (χ0n) is 12.0. The van der Waals surface area contributed by atoms with Crippen LogP contribution in [-0.2, 0) is 10.2 Å². The highest BCUT2D eigenvalue weighted by atomic mass is 16.6. The zero-order chi connectivity index (χ0) is 14.3. The average Bonchev–Trinajstić information content (AvgIpc) is 2.93. The monoisotopic (exact) mass is 276 g/mol. The Bertz CT molecular complexity index is 556. The van der Waals surface area contributed by atoms with Gasteiger partial charge < -0.3 is 14.6 Å². The normalized spacial score (nSPS) is 19.9. The number of aryl methyl sites for hydroxylation is 1. The van der Waals surface area contributed by atoms with Gasteiger partial charge in [0.25, 0.3) is 0 Å². The van der Waals surface area contributed by atoms with E-state index in [0.717, 1.165) is 35.3 Å². The number of aliphatic carboxylic acids is 1. The summed E-state index contributed by atoms with van der Waals surface area (Å²) in [6.45, 7) is 5.01. The van der Waals surface area contributed by atoms with Crippen LogP contribution in [-0.4, -0.2) is 24.3 Å². The average molecular weight is 276 g/mol. The van der Waals surface area contributed by atoms with Crippen LogP contribution in [0.3, 0.4) is 0 Å². The topological polar surface area (TPSA) is 55.8 Å². The maximum absolute atomic E-state index is 11.9. The summed E-state index contributed by atoms with van der Waals surface area (Å²) in [5.74, 6) is 0.650. The Labute approximate surface area is 118 Å². The number of hydrogen-bond acceptors (Lipinski definition) is 3. The Kier molecular flexibility index (Phi) is 3.11. The number of ether oxygens (including phenoxy) is 2. The minimum atomic E-state index is -0.802. The van der Waals surface area contributed by atoms with E-state index in [2.05, 4.69) is 0 Å². The maximum atomic E-state index is 11.9. The van der Waals surface area contributed by atoms with Gasteiger partial charge in [-0.25, -0.2) is 0 Å². The fraction of sp³-hybridized carbons (Fsp3) is 0.562. The summed E-state index contributed by atoms with van der Waals surface area (Å²) in [5.41, 5.74) is 2.11. The molecule has 0 spiro atoms.